The molecule has 0 saturated heterocycles. The molecule has 0 radical (unpaired) electrons. The molecule has 0 unspecified atom stereocenters. The van der Waals surface area contributed by atoms with E-state index in [-0.39, 0.29) is 23.1 Å². The van der Waals surface area contributed by atoms with Gasteiger partial charge in [-0.1, -0.05) is 98.8 Å². The minimum absolute atomic E-state index is 0.00269. The van der Waals surface area contributed by atoms with Gasteiger partial charge in [-0.2, -0.15) is 4.99 Å². The Morgan fingerprint density at radius 3 is 1.98 bits per heavy atom. The Bertz CT molecular complexity index is 1180. The molecule has 0 saturated carbocycles. The lowest BCUT2D eigenvalue weighted by Crippen LogP contribution is -2.28. The minimum atomic E-state index is -0.0289. The van der Waals surface area contributed by atoms with Crippen molar-refractivity contribution in [1.29, 1.82) is 0 Å². The van der Waals surface area contributed by atoms with E-state index in [1.165, 1.54) is 5.56 Å². The molecule has 0 aliphatic carbocycles. The van der Waals surface area contributed by atoms with Crippen molar-refractivity contribution >= 4 is 23.6 Å². The maximum atomic E-state index is 12.1. The van der Waals surface area contributed by atoms with Crippen molar-refractivity contribution in [2.45, 2.75) is 146 Å². The van der Waals surface area contributed by atoms with Gasteiger partial charge in [0.1, 0.15) is 0 Å². The van der Waals surface area contributed by atoms with Gasteiger partial charge in [-0.15, -0.1) is 0 Å². The van der Waals surface area contributed by atoms with Crippen LogP contribution in [0.3, 0.4) is 0 Å². The first kappa shape index (κ1) is 45.4. The molecular formula is C40H69N5O4. The van der Waals surface area contributed by atoms with Gasteiger partial charge in [-0.05, 0) is 74.1 Å². The number of hydrogen-bond acceptors (Lipinski definition) is 6. The van der Waals surface area contributed by atoms with E-state index in [1.54, 1.807) is 6.92 Å². The molecule has 49 heavy (non-hydrogen) atoms. The van der Waals surface area contributed by atoms with E-state index in [2.05, 4.69) is 75.5 Å². The fraction of sp³-hybridized carbons (Fsp3) is 0.650. The molecule has 9 heteroatoms. The second-order valence-electron chi connectivity index (χ2n) is 13.7. The number of unbranched alkanes of at least 4 members (excludes halogenated alkanes) is 6. The number of amides is 3. The lowest BCUT2D eigenvalue weighted by atomic mass is 9.92. The van der Waals surface area contributed by atoms with E-state index >= 15 is 0 Å². The average Bonchev–Trinajstić information content (AvgIpc) is 3.05. The number of aryl methyl sites for hydroxylation is 1. The van der Waals surface area contributed by atoms with E-state index in [9.17, 15) is 14.4 Å². The zero-order valence-corrected chi connectivity index (χ0v) is 32.4. The van der Waals surface area contributed by atoms with Crippen LogP contribution in [0, 0.1) is 5.41 Å². The van der Waals surface area contributed by atoms with E-state index in [0.717, 1.165) is 88.3 Å². The monoisotopic (exact) mass is 684 g/mol. The predicted molar refractivity (Wildman–Crippen MR) is 205 cm³/mol. The van der Waals surface area contributed by atoms with Crippen molar-refractivity contribution < 1.29 is 19.1 Å². The van der Waals surface area contributed by atoms with Gasteiger partial charge < -0.3 is 26.4 Å². The molecular weight excluding hydrogens is 614 g/mol. The molecule has 0 aliphatic heterocycles. The van der Waals surface area contributed by atoms with Crippen LogP contribution in [0.15, 0.2) is 52.4 Å². The summed E-state index contributed by atoms with van der Waals surface area (Å²) in [6.45, 7) is 20.4. The van der Waals surface area contributed by atoms with Crippen molar-refractivity contribution in [3.8, 4) is 0 Å². The number of nitrogens with two attached hydrogens (primary N) is 1. The van der Waals surface area contributed by atoms with E-state index in [1.807, 2.05) is 31.2 Å². The summed E-state index contributed by atoms with van der Waals surface area (Å²) >= 11 is 0. The topological polar surface area (TPSA) is 135 Å². The largest absolute Gasteiger partial charge is 0.481 e. The Balaban J connectivity index is 0.000000942. The Hall–Kier alpha value is -3.62. The first-order valence-corrected chi connectivity index (χ1v) is 18.6. The van der Waals surface area contributed by atoms with Crippen LogP contribution in [0.4, 0.5) is 0 Å². The molecule has 1 rings (SSSR count). The number of benzene rings is 1. The highest BCUT2D eigenvalue weighted by Crippen LogP contribution is 2.18. The molecule has 0 aromatic heterocycles. The summed E-state index contributed by atoms with van der Waals surface area (Å²) < 4.78 is 5.54. The highest BCUT2D eigenvalue weighted by molar-refractivity contribution is 5.94. The number of carbonyl (C=O) groups is 3. The quantitative estimate of drug-likeness (QED) is 0.0446. The second-order valence-corrected chi connectivity index (χ2v) is 13.7. The van der Waals surface area contributed by atoms with E-state index in [0.29, 0.717) is 43.4 Å². The SMILES string of the molecule is CCC/C=C(C)/C(NC(=O)CCCC)=C(N)\N=C(/C)OCCCC.CCc1ccc(C(=O)NCCCCCCNC(=O)CC(C)(C)C)cc1. The van der Waals surface area contributed by atoms with Crippen molar-refractivity contribution in [1.82, 2.24) is 16.0 Å². The molecule has 5 N–H and O–H groups in total. The molecule has 278 valence electrons. The van der Waals surface area contributed by atoms with Gasteiger partial charge in [0.2, 0.25) is 11.8 Å². The normalized spacial score (nSPS) is 12.3. The molecule has 0 aliphatic rings. The van der Waals surface area contributed by atoms with Gasteiger partial charge in [0.15, 0.2) is 11.7 Å². The van der Waals surface area contributed by atoms with Gasteiger partial charge >= 0.3 is 0 Å². The molecule has 9 nitrogen and oxygen atoms in total. The third-order valence-corrected chi connectivity index (χ3v) is 7.52. The van der Waals surface area contributed by atoms with Crippen LogP contribution in [0.1, 0.15) is 155 Å². The van der Waals surface area contributed by atoms with E-state index < -0.39 is 0 Å². The minimum Gasteiger partial charge on any atom is -0.481 e. The number of nitrogens with one attached hydrogen (secondary N) is 3. The Labute approximate surface area is 298 Å². The smallest absolute Gasteiger partial charge is 0.251 e. The summed E-state index contributed by atoms with van der Waals surface area (Å²) in [5.41, 5.74) is 9.65. The van der Waals surface area contributed by atoms with Crippen molar-refractivity contribution in [3.05, 3.63) is 58.6 Å². The molecule has 0 fully saturated rings. The number of hydrogen-bond donors (Lipinski definition) is 4. The molecule has 0 heterocycles. The summed E-state index contributed by atoms with van der Waals surface area (Å²) in [5, 5.41) is 8.85. The van der Waals surface area contributed by atoms with Crippen molar-refractivity contribution in [2.75, 3.05) is 19.7 Å². The first-order valence-electron chi connectivity index (χ1n) is 18.6. The zero-order chi connectivity index (χ0) is 37.1. The Kier molecular flexibility index (Phi) is 25.2. The number of rotatable bonds is 21. The Morgan fingerprint density at radius 1 is 0.816 bits per heavy atom. The summed E-state index contributed by atoms with van der Waals surface area (Å²) in [5.74, 6) is 0.910. The second kappa shape index (κ2) is 27.2. The zero-order valence-electron chi connectivity index (χ0n) is 32.4. The molecule has 0 atom stereocenters. The summed E-state index contributed by atoms with van der Waals surface area (Å²) in [6, 6.07) is 7.77. The maximum absolute atomic E-state index is 12.1. The van der Waals surface area contributed by atoms with Crippen LogP contribution in [0.25, 0.3) is 0 Å². The van der Waals surface area contributed by atoms with E-state index in [4.69, 9.17) is 10.5 Å². The molecule has 1 aromatic carbocycles. The van der Waals surface area contributed by atoms with Crippen LogP contribution < -0.4 is 21.7 Å². The maximum Gasteiger partial charge on any atom is 0.251 e. The summed E-state index contributed by atoms with van der Waals surface area (Å²) in [4.78, 5) is 40.1. The van der Waals surface area contributed by atoms with Gasteiger partial charge in [0.05, 0.1) is 12.3 Å². The van der Waals surface area contributed by atoms with Gasteiger partial charge in [-0.25, -0.2) is 0 Å². The highest BCUT2D eigenvalue weighted by Gasteiger charge is 2.15. The summed E-state index contributed by atoms with van der Waals surface area (Å²) in [6.07, 6.45) is 14.1. The standard InChI is InChI=1S/C21H34N2O2.C19H35N3O2/c1-5-17-10-12-18(13-11-17)20(25)23-15-9-7-6-8-14-22-19(24)16-21(2,3)4;1-6-9-12-15(4)18(22-17(23)13-10-7-2)19(20)21-16(5)24-14-11-8-3/h10-13H,5-9,14-16H2,1-4H3,(H,22,24)(H,23,25);12H,6-11,13-14,20H2,1-5H3,(H,22,23)/b;15-12+,19-18+,21-16+. The number of allylic oxidation sites excluding steroid dienone is 2. The first-order chi connectivity index (χ1) is 23.3. The van der Waals surface area contributed by atoms with Gasteiger partial charge in [-0.3, -0.25) is 14.4 Å². The van der Waals surface area contributed by atoms with Crippen molar-refractivity contribution in [3.63, 3.8) is 0 Å². The Morgan fingerprint density at radius 2 is 1.43 bits per heavy atom. The van der Waals surface area contributed by atoms with Crippen LogP contribution in [0.2, 0.25) is 0 Å². The predicted octanol–water partition coefficient (Wildman–Crippen LogP) is 8.49. The van der Waals surface area contributed by atoms with Crippen LogP contribution in [-0.2, 0) is 20.7 Å². The van der Waals surface area contributed by atoms with Crippen LogP contribution >= 0.6 is 0 Å². The lowest BCUT2D eigenvalue weighted by molar-refractivity contribution is -0.123. The fourth-order valence-electron chi connectivity index (χ4n) is 4.56. The third-order valence-electron chi connectivity index (χ3n) is 7.52. The molecule has 0 bridgehead atoms. The fourth-order valence-corrected chi connectivity index (χ4v) is 4.56. The van der Waals surface area contributed by atoms with Gasteiger partial charge in [0.25, 0.3) is 5.91 Å². The number of ether oxygens (including phenoxy) is 1. The number of nitrogens with zero attached hydrogens (tertiary/aromatic N) is 1. The van der Waals surface area contributed by atoms with Crippen molar-refractivity contribution in [2.24, 2.45) is 16.1 Å². The number of carbonyl (C=O) groups excluding carboxylic acids is 3. The average molecular weight is 684 g/mol. The highest BCUT2D eigenvalue weighted by atomic mass is 16.5. The van der Waals surface area contributed by atoms with Crippen LogP contribution in [0.5, 0.6) is 0 Å². The van der Waals surface area contributed by atoms with Gasteiger partial charge in [0, 0.05) is 38.4 Å². The summed E-state index contributed by atoms with van der Waals surface area (Å²) in [7, 11) is 0. The third kappa shape index (κ3) is 24.2. The molecule has 0 spiro atoms. The van der Waals surface area contributed by atoms with Crippen LogP contribution in [-0.4, -0.2) is 43.3 Å². The lowest BCUT2D eigenvalue weighted by Gasteiger charge is -2.17. The molecule has 3 amide bonds. The number of aliphatic imine (C=N–C) groups is 1. The molecule has 1 aromatic rings.